The van der Waals surface area contributed by atoms with Crippen LogP contribution in [0.3, 0.4) is 0 Å². The molecule has 0 aliphatic rings. The summed E-state index contributed by atoms with van der Waals surface area (Å²) < 4.78 is 6.30. The Hall–Kier alpha value is -1.79. The van der Waals surface area contributed by atoms with Crippen LogP contribution >= 0.6 is 27.5 Å². The average Bonchev–Trinajstić information content (AvgIpc) is 2.42. The highest BCUT2D eigenvalue weighted by Crippen LogP contribution is 2.31. The summed E-state index contributed by atoms with van der Waals surface area (Å²) in [5.41, 5.74) is 5.94. The molecule has 0 aliphatic carbocycles. The number of hydrogen-bond acceptors (Lipinski definition) is 4. The molecule has 0 bridgehead atoms. The van der Waals surface area contributed by atoms with E-state index in [4.69, 9.17) is 27.3 Å². The van der Waals surface area contributed by atoms with Crippen molar-refractivity contribution in [1.29, 1.82) is 0 Å². The lowest BCUT2D eigenvalue weighted by Gasteiger charge is -2.07. The molecule has 0 radical (unpaired) electrons. The maximum atomic E-state index is 8.54. The highest BCUT2D eigenvalue weighted by molar-refractivity contribution is 9.10. The predicted molar refractivity (Wildman–Crippen MR) is 76.0 cm³/mol. The van der Waals surface area contributed by atoms with Crippen LogP contribution in [0.2, 0.25) is 5.02 Å². The molecule has 0 saturated heterocycles. The number of hydrogen-bond donors (Lipinski definition) is 2. The summed E-state index contributed by atoms with van der Waals surface area (Å²) >= 11 is 9.18. The van der Waals surface area contributed by atoms with Crippen molar-refractivity contribution >= 4 is 33.4 Å². The van der Waals surface area contributed by atoms with E-state index in [0.29, 0.717) is 22.2 Å². The second-order valence-electron chi connectivity index (χ2n) is 3.55. The number of rotatable bonds is 3. The fraction of sp³-hybridized carbons (Fsp3) is 0. The van der Waals surface area contributed by atoms with Gasteiger partial charge in [0.1, 0.15) is 5.75 Å². The van der Waals surface area contributed by atoms with Crippen LogP contribution in [0.15, 0.2) is 46.2 Å². The summed E-state index contributed by atoms with van der Waals surface area (Å²) in [4.78, 5) is 4.06. The number of nitrogens with zero attached hydrogens (tertiary/aromatic N) is 2. The molecular formula is C12H9BrClN3O2. The van der Waals surface area contributed by atoms with Gasteiger partial charge < -0.3 is 15.7 Å². The van der Waals surface area contributed by atoms with Crippen LogP contribution < -0.4 is 10.5 Å². The first-order chi connectivity index (χ1) is 9.10. The molecule has 5 nitrogen and oxygen atoms in total. The van der Waals surface area contributed by atoms with Crippen molar-refractivity contribution in [1.82, 2.24) is 4.98 Å². The molecule has 19 heavy (non-hydrogen) atoms. The Morgan fingerprint density at radius 2 is 2.16 bits per heavy atom. The molecule has 0 spiro atoms. The number of pyridine rings is 1. The monoisotopic (exact) mass is 341 g/mol. The van der Waals surface area contributed by atoms with E-state index in [2.05, 4.69) is 26.1 Å². The minimum atomic E-state index is -0.00766. The van der Waals surface area contributed by atoms with E-state index in [0.717, 1.165) is 4.47 Å². The number of amidine groups is 1. The number of halogens is 2. The molecule has 0 fully saturated rings. The van der Waals surface area contributed by atoms with Gasteiger partial charge in [0.2, 0.25) is 5.88 Å². The van der Waals surface area contributed by atoms with Crippen LogP contribution in [0.25, 0.3) is 0 Å². The first-order valence-electron chi connectivity index (χ1n) is 5.17. The zero-order chi connectivity index (χ0) is 13.8. The summed E-state index contributed by atoms with van der Waals surface area (Å²) in [5.74, 6) is 0.970. The summed E-state index contributed by atoms with van der Waals surface area (Å²) in [6.45, 7) is 0. The van der Waals surface area contributed by atoms with Gasteiger partial charge in [-0.1, -0.05) is 16.8 Å². The van der Waals surface area contributed by atoms with Crippen LogP contribution in [0.1, 0.15) is 5.56 Å². The largest absolute Gasteiger partial charge is 0.438 e. The molecule has 98 valence electrons. The molecule has 2 rings (SSSR count). The molecular weight excluding hydrogens is 334 g/mol. The number of benzene rings is 1. The summed E-state index contributed by atoms with van der Waals surface area (Å²) in [5, 5.41) is 12.0. The third-order valence-corrected chi connectivity index (χ3v) is 3.10. The lowest BCUT2D eigenvalue weighted by molar-refractivity contribution is 0.318. The SMILES string of the molecule is N/C(=N\O)c1ccc(Oc2ccc(Cl)cc2Br)nc1. The molecule has 7 heteroatoms. The Kier molecular flexibility index (Phi) is 4.24. The molecule has 0 unspecified atom stereocenters. The topological polar surface area (TPSA) is 80.7 Å². The Balaban J connectivity index is 2.20. The molecule has 3 N–H and O–H groups in total. The number of ether oxygens (including phenoxy) is 1. The van der Waals surface area contributed by atoms with Gasteiger partial charge in [0.15, 0.2) is 5.84 Å². The van der Waals surface area contributed by atoms with Crippen molar-refractivity contribution in [3.63, 3.8) is 0 Å². The Morgan fingerprint density at radius 1 is 1.37 bits per heavy atom. The molecule has 1 aromatic carbocycles. The summed E-state index contributed by atoms with van der Waals surface area (Å²) in [7, 11) is 0. The molecule has 0 saturated carbocycles. The second kappa shape index (κ2) is 5.90. The normalized spacial score (nSPS) is 11.4. The van der Waals surface area contributed by atoms with Crippen molar-refractivity contribution in [3.05, 3.63) is 51.6 Å². The van der Waals surface area contributed by atoms with Gasteiger partial charge >= 0.3 is 0 Å². The zero-order valence-electron chi connectivity index (χ0n) is 9.55. The highest BCUT2D eigenvalue weighted by Gasteiger charge is 2.05. The van der Waals surface area contributed by atoms with Crippen LogP contribution in [0.5, 0.6) is 11.6 Å². The molecule has 2 aromatic rings. The van der Waals surface area contributed by atoms with Gasteiger partial charge in [0.25, 0.3) is 0 Å². The van der Waals surface area contributed by atoms with Gasteiger partial charge in [-0.2, -0.15) is 0 Å². The van der Waals surface area contributed by atoms with E-state index < -0.39 is 0 Å². The number of oxime groups is 1. The van der Waals surface area contributed by atoms with Crippen LogP contribution in [-0.4, -0.2) is 16.0 Å². The average molecular weight is 343 g/mol. The third kappa shape index (κ3) is 3.36. The number of nitrogens with two attached hydrogens (primary N) is 1. The van der Waals surface area contributed by atoms with E-state index in [1.807, 2.05) is 0 Å². The van der Waals surface area contributed by atoms with Crippen molar-refractivity contribution in [2.24, 2.45) is 10.9 Å². The van der Waals surface area contributed by atoms with E-state index >= 15 is 0 Å². The minimum absolute atomic E-state index is 0.00766. The Morgan fingerprint density at radius 3 is 2.74 bits per heavy atom. The minimum Gasteiger partial charge on any atom is -0.438 e. The van der Waals surface area contributed by atoms with Crippen LogP contribution in [-0.2, 0) is 0 Å². The maximum Gasteiger partial charge on any atom is 0.219 e. The van der Waals surface area contributed by atoms with Crippen molar-refractivity contribution in [2.45, 2.75) is 0 Å². The molecule has 1 aromatic heterocycles. The Labute approximate surface area is 122 Å². The van der Waals surface area contributed by atoms with Crippen LogP contribution in [0, 0.1) is 0 Å². The first kappa shape index (κ1) is 13.6. The quantitative estimate of drug-likeness (QED) is 0.388. The van der Waals surface area contributed by atoms with Gasteiger partial charge in [-0.15, -0.1) is 0 Å². The van der Waals surface area contributed by atoms with Gasteiger partial charge in [-0.05, 0) is 40.2 Å². The van der Waals surface area contributed by atoms with E-state index in [1.165, 1.54) is 6.20 Å². The molecule has 1 heterocycles. The molecule has 0 aliphatic heterocycles. The second-order valence-corrected chi connectivity index (χ2v) is 4.84. The zero-order valence-corrected chi connectivity index (χ0v) is 11.9. The van der Waals surface area contributed by atoms with Crippen molar-refractivity contribution < 1.29 is 9.94 Å². The van der Waals surface area contributed by atoms with E-state index in [-0.39, 0.29) is 5.84 Å². The molecule has 0 atom stereocenters. The van der Waals surface area contributed by atoms with Gasteiger partial charge in [0, 0.05) is 22.8 Å². The lowest BCUT2D eigenvalue weighted by Crippen LogP contribution is -2.13. The van der Waals surface area contributed by atoms with Crippen molar-refractivity contribution in [2.75, 3.05) is 0 Å². The van der Waals surface area contributed by atoms with Gasteiger partial charge in [-0.25, -0.2) is 4.98 Å². The number of aromatic nitrogens is 1. The van der Waals surface area contributed by atoms with Gasteiger partial charge in [-0.3, -0.25) is 0 Å². The van der Waals surface area contributed by atoms with Crippen LogP contribution in [0.4, 0.5) is 0 Å². The molecule has 0 amide bonds. The smallest absolute Gasteiger partial charge is 0.219 e. The fourth-order valence-electron chi connectivity index (χ4n) is 1.32. The summed E-state index contributed by atoms with van der Waals surface area (Å²) in [6.07, 6.45) is 1.45. The van der Waals surface area contributed by atoms with Crippen molar-refractivity contribution in [3.8, 4) is 11.6 Å². The third-order valence-electron chi connectivity index (χ3n) is 2.25. The standard InChI is InChI=1S/C12H9BrClN3O2/c13-9-5-8(14)2-3-10(9)19-11-4-1-7(6-16-11)12(15)17-18/h1-6,18H,(H2,15,17). The van der Waals surface area contributed by atoms with Gasteiger partial charge in [0.05, 0.1) is 4.47 Å². The Bertz CT molecular complexity index is 617. The maximum absolute atomic E-state index is 8.54. The fourth-order valence-corrected chi connectivity index (χ4v) is 2.08. The van der Waals surface area contributed by atoms with E-state index in [1.54, 1.807) is 30.3 Å². The van der Waals surface area contributed by atoms with E-state index in [9.17, 15) is 0 Å². The summed E-state index contributed by atoms with van der Waals surface area (Å²) in [6, 6.07) is 8.43. The first-order valence-corrected chi connectivity index (χ1v) is 6.34. The lowest BCUT2D eigenvalue weighted by atomic mass is 10.3. The predicted octanol–water partition coefficient (Wildman–Crippen LogP) is 3.38. The highest BCUT2D eigenvalue weighted by atomic mass is 79.9.